The maximum Gasteiger partial charge on any atom is 0.359 e. The van der Waals surface area contributed by atoms with Crippen LogP contribution in [0.5, 0.6) is 0 Å². The predicted molar refractivity (Wildman–Crippen MR) is 88.0 cm³/mol. The minimum absolute atomic E-state index is 0.0938. The highest BCUT2D eigenvalue weighted by Gasteiger charge is 2.27. The van der Waals surface area contributed by atoms with Crippen LogP contribution >= 0.6 is 22.9 Å². The second kappa shape index (κ2) is 6.88. The average Bonchev–Trinajstić information content (AvgIpc) is 2.95. The molecule has 124 valence electrons. The zero-order valence-corrected chi connectivity index (χ0v) is 14.4. The van der Waals surface area contributed by atoms with E-state index in [1.807, 2.05) is 0 Å². The summed E-state index contributed by atoms with van der Waals surface area (Å²) < 4.78 is 6.92. The third-order valence-electron chi connectivity index (χ3n) is 3.96. The summed E-state index contributed by atoms with van der Waals surface area (Å²) in [6.07, 6.45) is 5.14. The Morgan fingerprint density at radius 3 is 2.70 bits per heavy atom. The Bertz CT molecular complexity index is 719. The highest BCUT2D eigenvalue weighted by atomic mass is 35.5. The Hall–Kier alpha value is -1.60. The number of hydrogen-bond donors (Lipinski definition) is 0. The summed E-state index contributed by atoms with van der Waals surface area (Å²) in [6, 6.07) is 0. The number of fused-ring (bicyclic) bond motifs is 1. The molecule has 0 aliphatic carbocycles. The molecule has 6 nitrogen and oxygen atoms in total. The van der Waals surface area contributed by atoms with Gasteiger partial charge in [-0.1, -0.05) is 24.4 Å². The van der Waals surface area contributed by atoms with E-state index >= 15 is 0 Å². The number of aromatic nitrogens is 2. The number of nitrogens with zero attached hydrogens (tertiary/aromatic N) is 3. The molecule has 23 heavy (non-hydrogen) atoms. The Labute approximate surface area is 143 Å². The van der Waals surface area contributed by atoms with Crippen LogP contribution < -0.4 is 0 Å². The lowest BCUT2D eigenvalue weighted by atomic mass is 10.2. The first-order valence-electron chi connectivity index (χ1n) is 7.68. The zero-order valence-electron chi connectivity index (χ0n) is 12.8. The molecule has 3 rings (SSSR count). The lowest BCUT2D eigenvalue weighted by Crippen LogP contribution is -2.40. The van der Waals surface area contributed by atoms with Crippen molar-refractivity contribution in [2.75, 3.05) is 13.1 Å². The lowest BCUT2D eigenvalue weighted by molar-refractivity contribution is -0.139. The summed E-state index contributed by atoms with van der Waals surface area (Å²) in [5.41, 5.74) is 0.165. The number of imidazole rings is 1. The van der Waals surface area contributed by atoms with Crippen LogP contribution in [-0.4, -0.2) is 45.4 Å². The molecule has 1 amide bonds. The van der Waals surface area contributed by atoms with E-state index in [2.05, 4.69) is 4.98 Å². The van der Waals surface area contributed by atoms with Crippen molar-refractivity contribution >= 4 is 39.8 Å². The maximum atomic E-state index is 12.4. The van der Waals surface area contributed by atoms with Crippen molar-refractivity contribution in [2.24, 2.45) is 0 Å². The molecule has 0 N–H and O–H groups in total. The van der Waals surface area contributed by atoms with E-state index in [0.29, 0.717) is 4.96 Å². The van der Waals surface area contributed by atoms with Gasteiger partial charge in [-0.3, -0.25) is 9.20 Å². The van der Waals surface area contributed by atoms with Crippen LogP contribution in [0.25, 0.3) is 4.96 Å². The van der Waals surface area contributed by atoms with Crippen LogP contribution in [-0.2, 0) is 9.53 Å². The van der Waals surface area contributed by atoms with Crippen LogP contribution in [0.15, 0.2) is 11.6 Å². The van der Waals surface area contributed by atoms with E-state index in [1.54, 1.807) is 27.8 Å². The fourth-order valence-corrected chi connectivity index (χ4v) is 3.77. The predicted octanol–water partition coefficient (Wildman–Crippen LogP) is 3.00. The molecule has 1 aliphatic rings. The van der Waals surface area contributed by atoms with Crippen LogP contribution in [0.4, 0.5) is 0 Å². The molecule has 2 aromatic heterocycles. The van der Waals surface area contributed by atoms with E-state index in [0.717, 1.165) is 38.8 Å². The zero-order chi connectivity index (χ0) is 16.4. The van der Waals surface area contributed by atoms with Crippen molar-refractivity contribution in [1.82, 2.24) is 14.3 Å². The van der Waals surface area contributed by atoms with Gasteiger partial charge in [0.15, 0.2) is 21.9 Å². The number of amides is 1. The molecule has 1 fully saturated rings. The molecule has 0 unspecified atom stereocenters. The highest BCUT2D eigenvalue weighted by molar-refractivity contribution is 7.15. The molecule has 1 saturated heterocycles. The summed E-state index contributed by atoms with van der Waals surface area (Å²) in [5.74, 6) is -0.779. The van der Waals surface area contributed by atoms with Crippen LogP contribution in [0, 0.1) is 0 Å². The Morgan fingerprint density at radius 1 is 1.30 bits per heavy atom. The molecule has 2 aromatic rings. The largest absolute Gasteiger partial charge is 0.448 e. The summed E-state index contributed by atoms with van der Waals surface area (Å²) in [5, 5.41) is 1.90. The maximum absolute atomic E-state index is 12.4. The van der Waals surface area contributed by atoms with Gasteiger partial charge in [0.2, 0.25) is 0 Å². The number of rotatable bonds is 3. The second-order valence-electron chi connectivity index (χ2n) is 5.59. The molecule has 8 heteroatoms. The molecular weight excluding hydrogens is 338 g/mol. The van der Waals surface area contributed by atoms with Gasteiger partial charge in [-0.15, -0.1) is 11.3 Å². The Morgan fingerprint density at radius 2 is 2.00 bits per heavy atom. The number of thiazole rings is 1. The molecule has 0 bridgehead atoms. The molecule has 0 spiro atoms. The van der Waals surface area contributed by atoms with Gasteiger partial charge in [0, 0.05) is 24.7 Å². The van der Waals surface area contributed by atoms with E-state index in [1.165, 1.54) is 11.3 Å². The molecule has 1 aliphatic heterocycles. The van der Waals surface area contributed by atoms with Crippen molar-refractivity contribution in [3.8, 4) is 0 Å². The second-order valence-corrected chi connectivity index (χ2v) is 6.82. The van der Waals surface area contributed by atoms with Gasteiger partial charge in [-0.05, 0) is 19.8 Å². The van der Waals surface area contributed by atoms with Gasteiger partial charge in [0.05, 0.1) is 0 Å². The quantitative estimate of drug-likeness (QED) is 0.794. The first-order chi connectivity index (χ1) is 11.1. The molecule has 0 saturated carbocycles. The fraction of sp³-hybridized carbons (Fsp3) is 0.533. The van der Waals surface area contributed by atoms with Gasteiger partial charge in [0.1, 0.15) is 0 Å². The number of esters is 1. The van der Waals surface area contributed by atoms with Crippen molar-refractivity contribution in [3.05, 3.63) is 22.4 Å². The van der Waals surface area contributed by atoms with Crippen LogP contribution in [0.2, 0.25) is 5.15 Å². The Kier molecular flexibility index (Phi) is 4.87. The van der Waals surface area contributed by atoms with Crippen molar-refractivity contribution in [2.45, 2.75) is 38.7 Å². The number of ether oxygens (including phenoxy) is 1. The summed E-state index contributed by atoms with van der Waals surface area (Å²) in [6.45, 7) is 3.05. The molecule has 3 heterocycles. The first kappa shape index (κ1) is 16.3. The van der Waals surface area contributed by atoms with E-state index in [9.17, 15) is 9.59 Å². The number of likely N-dealkylation sites (tertiary alicyclic amines) is 1. The Balaban J connectivity index is 1.70. The highest BCUT2D eigenvalue weighted by Crippen LogP contribution is 2.22. The van der Waals surface area contributed by atoms with E-state index in [-0.39, 0.29) is 16.8 Å². The van der Waals surface area contributed by atoms with Gasteiger partial charge in [-0.25, -0.2) is 9.78 Å². The average molecular weight is 356 g/mol. The van der Waals surface area contributed by atoms with Crippen molar-refractivity contribution in [1.29, 1.82) is 0 Å². The first-order valence-corrected chi connectivity index (χ1v) is 8.94. The van der Waals surface area contributed by atoms with E-state index in [4.69, 9.17) is 16.3 Å². The molecule has 1 atom stereocenters. The standard InChI is InChI=1S/C15H18ClN3O3S/c1-10(13(20)18-6-4-2-3-5-7-18)22-14(21)11-12(16)17-15-19(11)8-9-23-15/h8-10H,2-7H2,1H3/t10-/m1/s1. The van der Waals surface area contributed by atoms with E-state index < -0.39 is 12.1 Å². The topological polar surface area (TPSA) is 63.9 Å². The van der Waals surface area contributed by atoms with Crippen molar-refractivity contribution in [3.63, 3.8) is 0 Å². The number of hydrogen-bond acceptors (Lipinski definition) is 5. The third kappa shape index (κ3) is 3.35. The van der Waals surface area contributed by atoms with Crippen LogP contribution in [0.3, 0.4) is 0 Å². The molecular formula is C15H18ClN3O3S. The monoisotopic (exact) mass is 355 g/mol. The van der Waals surface area contributed by atoms with Gasteiger partial charge >= 0.3 is 5.97 Å². The number of halogens is 1. The SMILES string of the molecule is C[C@@H](OC(=O)c1c(Cl)nc2sccn12)C(=O)N1CCCCCC1. The van der Waals surface area contributed by atoms with Gasteiger partial charge in [-0.2, -0.15) is 0 Å². The molecule has 0 aromatic carbocycles. The molecule has 0 radical (unpaired) electrons. The summed E-state index contributed by atoms with van der Waals surface area (Å²) in [4.78, 5) is 31.3. The number of carbonyl (C=O) groups is 2. The minimum Gasteiger partial charge on any atom is -0.448 e. The van der Waals surface area contributed by atoms with Crippen LogP contribution in [0.1, 0.15) is 43.1 Å². The normalized spacial score (nSPS) is 17.0. The lowest BCUT2D eigenvalue weighted by Gasteiger charge is -2.23. The smallest absolute Gasteiger partial charge is 0.359 e. The third-order valence-corrected chi connectivity index (χ3v) is 4.98. The summed E-state index contributed by atoms with van der Waals surface area (Å²) in [7, 11) is 0. The fourth-order valence-electron chi connectivity index (χ4n) is 2.76. The van der Waals surface area contributed by atoms with Gasteiger partial charge < -0.3 is 9.64 Å². The summed E-state index contributed by atoms with van der Waals surface area (Å²) >= 11 is 7.39. The minimum atomic E-state index is -0.833. The van der Waals surface area contributed by atoms with Crippen molar-refractivity contribution < 1.29 is 14.3 Å². The number of carbonyl (C=O) groups excluding carboxylic acids is 2. The van der Waals surface area contributed by atoms with Gasteiger partial charge in [0.25, 0.3) is 5.91 Å².